The molecule has 0 saturated carbocycles. The maximum absolute atomic E-state index is 13.3. The minimum Gasteiger partial charge on any atom is -0.384 e. The second-order valence-corrected chi connectivity index (χ2v) is 4.42. The minimum absolute atomic E-state index is 0.399. The fourth-order valence-corrected chi connectivity index (χ4v) is 1.55. The van der Waals surface area contributed by atoms with Crippen molar-refractivity contribution in [2.75, 3.05) is 6.61 Å². The summed E-state index contributed by atoms with van der Waals surface area (Å²) in [6.45, 7) is 2.62. The number of rotatable bonds is 4. The van der Waals surface area contributed by atoms with E-state index in [0.717, 1.165) is 0 Å². The molecule has 0 aromatic heterocycles. The Morgan fingerprint density at radius 3 is 2.26 bits per heavy atom. The van der Waals surface area contributed by atoms with Crippen molar-refractivity contribution >= 4 is 0 Å². The van der Waals surface area contributed by atoms with E-state index < -0.39 is 42.8 Å². The van der Waals surface area contributed by atoms with E-state index in [-0.39, 0.29) is 0 Å². The Morgan fingerprint density at radius 2 is 1.89 bits per heavy atom. The lowest BCUT2D eigenvalue weighted by Crippen LogP contribution is -2.59. The van der Waals surface area contributed by atoms with Crippen LogP contribution in [0.4, 0.5) is 22.0 Å². The average Bonchev–Trinajstić information content (AvgIpc) is 2.47. The molecule has 9 heteroatoms. The first-order chi connectivity index (χ1) is 8.47. The van der Waals surface area contributed by atoms with Gasteiger partial charge in [0.2, 0.25) is 0 Å². The molecule has 4 nitrogen and oxygen atoms in total. The van der Waals surface area contributed by atoms with E-state index in [4.69, 9.17) is 9.84 Å². The van der Waals surface area contributed by atoms with Gasteiger partial charge in [-0.15, -0.1) is 0 Å². The Kier molecular flexibility index (Phi) is 4.45. The molecule has 0 aromatic rings. The van der Waals surface area contributed by atoms with Crippen LogP contribution in [-0.2, 0) is 9.47 Å². The first-order valence-corrected chi connectivity index (χ1v) is 5.61. The van der Waals surface area contributed by atoms with Crippen molar-refractivity contribution in [3.63, 3.8) is 0 Å². The predicted molar refractivity (Wildman–Crippen MR) is 52.5 cm³/mol. The summed E-state index contributed by atoms with van der Waals surface area (Å²) in [7, 11) is 0. The van der Waals surface area contributed by atoms with Crippen LogP contribution in [0.5, 0.6) is 0 Å². The van der Waals surface area contributed by atoms with Crippen molar-refractivity contribution < 1.29 is 41.6 Å². The summed E-state index contributed by atoms with van der Waals surface area (Å²) in [5.74, 6) is -9.57. The highest BCUT2D eigenvalue weighted by atomic mass is 19.4. The standard InChI is InChI=1S/C10H15F5O4/c1-3-5(2)18-4-6-7(16)8(11,12)9(17,19-6)10(13,14)15/h5-7,16-17H,3-4H2,1-2H3. The molecule has 1 aliphatic rings. The van der Waals surface area contributed by atoms with Crippen LogP contribution in [0.25, 0.3) is 0 Å². The number of hydrogen-bond donors (Lipinski definition) is 2. The maximum atomic E-state index is 13.3. The normalized spacial score (nSPS) is 36.5. The highest BCUT2D eigenvalue weighted by Gasteiger charge is 2.79. The molecule has 0 bridgehead atoms. The lowest BCUT2D eigenvalue weighted by atomic mass is 10.0. The van der Waals surface area contributed by atoms with Crippen LogP contribution in [-0.4, -0.2) is 53.0 Å². The van der Waals surface area contributed by atoms with Crippen molar-refractivity contribution in [2.45, 2.75) is 56.5 Å². The van der Waals surface area contributed by atoms with Gasteiger partial charge in [-0.2, -0.15) is 22.0 Å². The number of aliphatic hydroxyl groups is 2. The van der Waals surface area contributed by atoms with Gasteiger partial charge in [-0.3, -0.25) is 0 Å². The second-order valence-electron chi connectivity index (χ2n) is 4.42. The summed E-state index contributed by atoms with van der Waals surface area (Å²) in [6, 6.07) is 0. The molecule has 0 radical (unpaired) electrons. The van der Waals surface area contributed by atoms with Crippen LogP contribution in [0.2, 0.25) is 0 Å². The van der Waals surface area contributed by atoms with Crippen molar-refractivity contribution in [3.8, 4) is 0 Å². The Hall–Kier alpha value is -0.510. The van der Waals surface area contributed by atoms with Crippen LogP contribution in [0.3, 0.4) is 0 Å². The molecule has 1 aliphatic heterocycles. The maximum Gasteiger partial charge on any atom is 0.449 e. The largest absolute Gasteiger partial charge is 0.449 e. The molecule has 0 aliphatic carbocycles. The third-order valence-corrected chi connectivity index (χ3v) is 3.00. The summed E-state index contributed by atoms with van der Waals surface area (Å²) < 4.78 is 72.9. The van der Waals surface area contributed by atoms with E-state index in [2.05, 4.69) is 4.74 Å². The Labute approximate surface area is 106 Å². The second kappa shape index (κ2) is 5.12. The van der Waals surface area contributed by atoms with Crippen LogP contribution in [0.15, 0.2) is 0 Å². The summed E-state index contributed by atoms with van der Waals surface area (Å²) in [5, 5.41) is 18.2. The lowest BCUT2D eigenvalue weighted by molar-refractivity contribution is -0.409. The number of aliphatic hydroxyl groups excluding tert-OH is 1. The molecule has 1 fully saturated rings. The Morgan fingerprint density at radius 1 is 1.37 bits per heavy atom. The third-order valence-electron chi connectivity index (χ3n) is 3.00. The van der Waals surface area contributed by atoms with Gasteiger partial charge in [0.25, 0.3) is 0 Å². The van der Waals surface area contributed by atoms with Gasteiger partial charge in [-0.25, -0.2) is 0 Å². The van der Waals surface area contributed by atoms with E-state index in [1.807, 2.05) is 0 Å². The van der Waals surface area contributed by atoms with Crippen molar-refractivity contribution in [1.29, 1.82) is 0 Å². The smallest absolute Gasteiger partial charge is 0.384 e. The molecule has 114 valence electrons. The molecule has 4 unspecified atom stereocenters. The van der Waals surface area contributed by atoms with Crippen molar-refractivity contribution in [2.24, 2.45) is 0 Å². The van der Waals surface area contributed by atoms with Gasteiger partial charge in [0.15, 0.2) is 6.10 Å². The van der Waals surface area contributed by atoms with Gasteiger partial charge in [-0.05, 0) is 13.3 Å². The zero-order chi connectivity index (χ0) is 15.1. The molecule has 0 aromatic carbocycles. The summed E-state index contributed by atoms with van der Waals surface area (Å²) in [5.41, 5.74) is 0. The summed E-state index contributed by atoms with van der Waals surface area (Å²) in [4.78, 5) is 0. The number of hydrogen-bond acceptors (Lipinski definition) is 4. The van der Waals surface area contributed by atoms with Gasteiger partial charge < -0.3 is 19.7 Å². The molecule has 1 rings (SSSR count). The zero-order valence-corrected chi connectivity index (χ0v) is 10.2. The van der Waals surface area contributed by atoms with Gasteiger partial charge in [0.1, 0.15) is 6.10 Å². The van der Waals surface area contributed by atoms with Gasteiger partial charge in [0, 0.05) is 0 Å². The van der Waals surface area contributed by atoms with Crippen LogP contribution < -0.4 is 0 Å². The van der Waals surface area contributed by atoms with Crippen LogP contribution in [0.1, 0.15) is 20.3 Å². The average molecular weight is 294 g/mol. The number of halogens is 5. The number of alkyl halides is 5. The van der Waals surface area contributed by atoms with Crippen LogP contribution >= 0.6 is 0 Å². The molecular formula is C10H15F5O4. The van der Waals surface area contributed by atoms with Crippen molar-refractivity contribution in [1.82, 2.24) is 0 Å². The topological polar surface area (TPSA) is 58.9 Å². The molecule has 4 atom stereocenters. The number of ether oxygens (including phenoxy) is 2. The lowest BCUT2D eigenvalue weighted by Gasteiger charge is -2.30. The SMILES string of the molecule is CCC(C)OCC1OC(O)(C(F)(F)F)C(F)(F)C1O. The third kappa shape index (κ3) is 2.69. The molecular weight excluding hydrogens is 279 g/mol. The van der Waals surface area contributed by atoms with Crippen LogP contribution in [0, 0.1) is 0 Å². The molecule has 0 amide bonds. The summed E-state index contributed by atoms with van der Waals surface area (Å²) in [6.07, 6.45) is -10.4. The fraction of sp³-hybridized carbons (Fsp3) is 1.00. The monoisotopic (exact) mass is 294 g/mol. The van der Waals surface area contributed by atoms with Gasteiger partial charge in [-0.1, -0.05) is 6.92 Å². The Balaban J connectivity index is 2.86. The zero-order valence-electron chi connectivity index (χ0n) is 10.2. The van der Waals surface area contributed by atoms with Gasteiger partial charge >= 0.3 is 17.9 Å². The predicted octanol–water partition coefficient (Wildman–Crippen LogP) is 1.45. The first kappa shape index (κ1) is 16.5. The van der Waals surface area contributed by atoms with E-state index in [9.17, 15) is 27.1 Å². The quantitative estimate of drug-likeness (QED) is 0.771. The Bertz CT molecular complexity index is 322. The minimum atomic E-state index is -5.73. The highest BCUT2D eigenvalue weighted by molar-refractivity contribution is 5.05. The summed E-state index contributed by atoms with van der Waals surface area (Å²) >= 11 is 0. The van der Waals surface area contributed by atoms with E-state index in [1.54, 1.807) is 13.8 Å². The molecule has 1 saturated heterocycles. The van der Waals surface area contributed by atoms with E-state index in [1.165, 1.54) is 0 Å². The fourth-order valence-electron chi connectivity index (χ4n) is 1.55. The highest BCUT2D eigenvalue weighted by Crippen LogP contribution is 2.51. The first-order valence-electron chi connectivity index (χ1n) is 5.61. The molecule has 0 spiro atoms. The van der Waals surface area contributed by atoms with Gasteiger partial charge in [0.05, 0.1) is 12.7 Å². The van der Waals surface area contributed by atoms with E-state index >= 15 is 0 Å². The molecule has 19 heavy (non-hydrogen) atoms. The van der Waals surface area contributed by atoms with Crippen molar-refractivity contribution in [3.05, 3.63) is 0 Å². The molecule has 2 N–H and O–H groups in total. The molecule has 1 heterocycles. The van der Waals surface area contributed by atoms with E-state index in [0.29, 0.717) is 6.42 Å².